The summed E-state index contributed by atoms with van der Waals surface area (Å²) in [7, 11) is 0.937. The zero-order valence-corrected chi connectivity index (χ0v) is 16.5. The van der Waals surface area contributed by atoms with E-state index < -0.39 is 10.0 Å². The Bertz CT molecular complexity index is 1050. The highest BCUT2D eigenvalue weighted by Gasteiger charge is 2.19. The van der Waals surface area contributed by atoms with E-state index in [4.69, 9.17) is 9.47 Å². The maximum Gasteiger partial charge on any atom is 0.262 e. The van der Waals surface area contributed by atoms with Crippen molar-refractivity contribution in [3.63, 3.8) is 0 Å². The van der Waals surface area contributed by atoms with Crippen molar-refractivity contribution in [2.24, 2.45) is 7.05 Å². The smallest absolute Gasteiger partial charge is 0.262 e. The van der Waals surface area contributed by atoms with Crippen LogP contribution in [0.3, 0.4) is 0 Å². The first kappa shape index (κ1) is 19.1. The van der Waals surface area contributed by atoms with E-state index in [9.17, 15) is 8.42 Å². The molecule has 1 N–H and O–H groups in total. The van der Waals surface area contributed by atoms with Crippen molar-refractivity contribution in [1.29, 1.82) is 0 Å². The molecule has 0 bridgehead atoms. The average Bonchev–Trinajstić information content (AvgIpc) is 3.07. The number of hydrogen-bond donors (Lipinski definition) is 1. The van der Waals surface area contributed by atoms with Gasteiger partial charge < -0.3 is 14.0 Å². The molecule has 0 radical (unpaired) electrons. The Kier molecular flexibility index (Phi) is 5.57. The highest BCUT2D eigenvalue weighted by atomic mass is 32.2. The average molecular weight is 406 g/mol. The third-order valence-electron chi connectivity index (χ3n) is 3.67. The number of benzene rings is 2. The van der Waals surface area contributed by atoms with Crippen molar-refractivity contribution in [1.82, 2.24) is 14.8 Å². The lowest BCUT2D eigenvalue weighted by molar-refractivity contribution is 0.354. The van der Waals surface area contributed by atoms with Gasteiger partial charge in [0.2, 0.25) is 0 Å². The van der Waals surface area contributed by atoms with Crippen molar-refractivity contribution >= 4 is 27.5 Å². The molecule has 0 aliphatic heterocycles. The Balaban J connectivity index is 1.92. The minimum absolute atomic E-state index is 0.0682. The van der Waals surface area contributed by atoms with Crippen LogP contribution >= 0.6 is 11.8 Å². The fourth-order valence-electron chi connectivity index (χ4n) is 2.29. The molecule has 27 heavy (non-hydrogen) atoms. The first-order chi connectivity index (χ1) is 12.9. The van der Waals surface area contributed by atoms with Crippen LogP contribution in [0.15, 0.2) is 63.7 Å². The van der Waals surface area contributed by atoms with Crippen LogP contribution in [0.4, 0.5) is 5.69 Å². The van der Waals surface area contributed by atoms with Gasteiger partial charge in [0.1, 0.15) is 6.33 Å². The predicted molar refractivity (Wildman–Crippen MR) is 102 cm³/mol. The fourth-order valence-corrected chi connectivity index (χ4v) is 4.30. The van der Waals surface area contributed by atoms with Crippen molar-refractivity contribution in [2.75, 3.05) is 18.9 Å². The summed E-state index contributed by atoms with van der Waals surface area (Å²) >= 11 is 1.31. The molecule has 0 saturated heterocycles. The lowest BCUT2D eigenvalue weighted by Gasteiger charge is -2.13. The summed E-state index contributed by atoms with van der Waals surface area (Å²) in [6.45, 7) is 0. The quantitative estimate of drug-likeness (QED) is 0.644. The molecule has 3 rings (SSSR count). The minimum atomic E-state index is -3.82. The molecule has 0 fully saturated rings. The molecule has 0 aliphatic carbocycles. The van der Waals surface area contributed by atoms with Crippen LogP contribution < -0.4 is 14.2 Å². The second-order valence-electron chi connectivity index (χ2n) is 5.44. The number of sulfonamides is 1. The van der Waals surface area contributed by atoms with Gasteiger partial charge in [-0.15, -0.1) is 10.2 Å². The Morgan fingerprint density at radius 2 is 1.81 bits per heavy atom. The Morgan fingerprint density at radius 1 is 1.07 bits per heavy atom. The number of ether oxygens (including phenoxy) is 2. The maximum atomic E-state index is 12.8. The van der Waals surface area contributed by atoms with E-state index in [1.54, 1.807) is 29.1 Å². The van der Waals surface area contributed by atoms with Crippen molar-refractivity contribution in [3.8, 4) is 11.5 Å². The summed E-state index contributed by atoms with van der Waals surface area (Å²) in [5.41, 5.74) is 0.445. The van der Waals surface area contributed by atoms with E-state index in [0.717, 1.165) is 0 Å². The zero-order valence-electron chi connectivity index (χ0n) is 14.9. The number of anilines is 1. The van der Waals surface area contributed by atoms with Gasteiger partial charge in [0.25, 0.3) is 10.0 Å². The lowest BCUT2D eigenvalue weighted by atomic mass is 10.3. The van der Waals surface area contributed by atoms with Gasteiger partial charge in [0, 0.05) is 18.0 Å². The van der Waals surface area contributed by atoms with E-state index in [-0.39, 0.29) is 4.90 Å². The SMILES string of the molecule is COc1ccc(S(=O)(=O)Nc2ccccc2Sc2nncn2C)cc1OC. The normalized spacial score (nSPS) is 11.2. The standard InChI is InChI=1S/C17H18N4O4S2/c1-21-11-18-19-17(21)26-16-7-5-4-6-13(16)20-27(22,23)12-8-9-14(24-2)15(10-12)25-3/h4-11,20H,1-3H3. The van der Waals surface area contributed by atoms with Gasteiger partial charge >= 0.3 is 0 Å². The molecule has 1 aromatic heterocycles. The van der Waals surface area contributed by atoms with Crippen molar-refractivity contribution in [3.05, 3.63) is 48.8 Å². The monoisotopic (exact) mass is 406 g/mol. The molecule has 8 nitrogen and oxygen atoms in total. The number of para-hydroxylation sites is 1. The molecule has 0 aliphatic rings. The van der Waals surface area contributed by atoms with Crippen LogP contribution in [-0.4, -0.2) is 37.4 Å². The van der Waals surface area contributed by atoms with Crippen molar-refractivity contribution < 1.29 is 17.9 Å². The van der Waals surface area contributed by atoms with Crippen LogP contribution in [0, 0.1) is 0 Å². The first-order valence-electron chi connectivity index (χ1n) is 7.80. The van der Waals surface area contributed by atoms with Gasteiger partial charge in [-0.2, -0.15) is 0 Å². The Hall–Kier alpha value is -2.72. The van der Waals surface area contributed by atoms with Gasteiger partial charge in [-0.1, -0.05) is 12.1 Å². The predicted octanol–water partition coefficient (Wildman–Crippen LogP) is 2.78. The molecular formula is C17H18N4O4S2. The number of aromatic nitrogens is 3. The third kappa shape index (κ3) is 4.17. The molecular weight excluding hydrogens is 388 g/mol. The van der Waals surface area contributed by atoms with Crippen molar-refractivity contribution in [2.45, 2.75) is 14.9 Å². The molecule has 0 atom stereocenters. The number of aryl methyl sites for hydroxylation is 1. The Labute approximate surface area is 161 Å². The molecule has 0 amide bonds. The summed E-state index contributed by atoms with van der Waals surface area (Å²) in [5.74, 6) is 0.789. The second kappa shape index (κ2) is 7.89. The van der Waals surface area contributed by atoms with E-state index in [1.807, 2.05) is 19.2 Å². The van der Waals surface area contributed by atoms with Crippen LogP contribution in [0.1, 0.15) is 0 Å². The lowest BCUT2D eigenvalue weighted by Crippen LogP contribution is -2.13. The molecule has 2 aromatic carbocycles. The van der Waals surface area contributed by atoms with E-state index in [2.05, 4.69) is 14.9 Å². The number of hydrogen-bond acceptors (Lipinski definition) is 7. The summed E-state index contributed by atoms with van der Waals surface area (Å²) in [6.07, 6.45) is 1.58. The second-order valence-corrected chi connectivity index (χ2v) is 8.14. The topological polar surface area (TPSA) is 95.3 Å². The van der Waals surface area contributed by atoms with Crippen LogP contribution in [0.25, 0.3) is 0 Å². The number of nitrogens with zero attached hydrogens (tertiary/aromatic N) is 3. The third-order valence-corrected chi connectivity index (χ3v) is 6.16. The minimum Gasteiger partial charge on any atom is -0.493 e. The molecule has 142 valence electrons. The first-order valence-corrected chi connectivity index (χ1v) is 10.1. The number of nitrogens with one attached hydrogen (secondary N) is 1. The summed E-state index contributed by atoms with van der Waals surface area (Å²) < 4.78 is 40.4. The molecule has 0 unspecified atom stereocenters. The number of methoxy groups -OCH3 is 2. The highest BCUT2D eigenvalue weighted by molar-refractivity contribution is 7.99. The van der Waals surface area contributed by atoms with Gasteiger partial charge in [0.05, 0.1) is 24.8 Å². The summed E-state index contributed by atoms with van der Waals surface area (Å²) in [6, 6.07) is 11.5. The van der Waals surface area contributed by atoms with Gasteiger partial charge in [0.15, 0.2) is 16.7 Å². The van der Waals surface area contributed by atoms with Crippen LogP contribution in [0.2, 0.25) is 0 Å². The van der Waals surface area contributed by atoms with Crippen LogP contribution in [0.5, 0.6) is 11.5 Å². The molecule has 1 heterocycles. The molecule has 10 heteroatoms. The zero-order chi connectivity index (χ0) is 19.4. The summed E-state index contributed by atoms with van der Waals surface area (Å²) in [5, 5.41) is 8.50. The highest BCUT2D eigenvalue weighted by Crippen LogP contribution is 2.34. The van der Waals surface area contributed by atoms with Gasteiger partial charge in [-0.3, -0.25) is 4.72 Å². The summed E-state index contributed by atoms with van der Waals surface area (Å²) in [4.78, 5) is 0.774. The van der Waals surface area contributed by atoms with E-state index in [0.29, 0.717) is 27.2 Å². The molecule has 0 saturated carbocycles. The number of rotatable bonds is 7. The van der Waals surface area contributed by atoms with E-state index >= 15 is 0 Å². The molecule has 0 spiro atoms. The Morgan fingerprint density at radius 3 is 2.48 bits per heavy atom. The largest absolute Gasteiger partial charge is 0.493 e. The van der Waals surface area contributed by atoms with Gasteiger partial charge in [-0.05, 0) is 36.0 Å². The van der Waals surface area contributed by atoms with Crippen LogP contribution in [-0.2, 0) is 17.1 Å². The molecule has 3 aromatic rings. The van der Waals surface area contributed by atoms with Gasteiger partial charge in [-0.25, -0.2) is 8.42 Å². The fraction of sp³-hybridized carbons (Fsp3) is 0.176. The maximum absolute atomic E-state index is 12.8. The van der Waals surface area contributed by atoms with E-state index in [1.165, 1.54) is 38.1 Å².